The van der Waals surface area contributed by atoms with Gasteiger partial charge < -0.3 is 9.80 Å². The van der Waals surface area contributed by atoms with Crippen molar-refractivity contribution < 1.29 is 9.59 Å². The lowest BCUT2D eigenvalue weighted by atomic mass is 10.0. The summed E-state index contributed by atoms with van der Waals surface area (Å²) in [6, 6.07) is 6.34. The Morgan fingerprint density at radius 3 is 2.43 bits per heavy atom. The van der Waals surface area contributed by atoms with Gasteiger partial charge in [-0.15, -0.1) is 0 Å². The van der Waals surface area contributed by atoms with E-state index in [1.165, 1.54) is 0 Å². The average Bonchev–Trinajstić information content (AvgIpc) is 2.98. The Balaban J connectivity index is 1.68. The molecule has 1 atom stereocenters. The normalized spacial score (nSPS) is 21.1. The lowest BCUT2D eigenvalue weighted by Gasteiger charge is -2.39. The lowest BCUT2D eigenvalue weighted by molar-refractivity contribution is -0.135. The number of carbonyl (C=O) groups excluding carboxylic acids is 2. The highest BCUT2D eigenvalue weighted by atomic mass is 16.2. The summed E-state index contributed by atoms with van der Waals surface area (Å²) in [6.45, 7) is 6.30. The van der Waals surface area contributed by atoms with Crippen LogP contribution in [0.2, 0.25) is 0 Å². The maximum absolute atomic E-state index is 13.1. The van der Waals surface area contributed by atoms with Crippen molar-refractivity contribution in [3.63, 3.8) is 0 Å². The van der Waals surface area contributed by atoms with Crippen molar-refractivity contribution in [1.82, 2.24) is 19.4 Å². The first-order valence-corrected chi connectivity index (χ1v) is 10.8. The van der Waals surface area contributed by atoms with Crippen LogP contribution in [0.5, 0.6) is 0 Å². The Morgan fingerprint density at radius 1 is 1.10 bits per heavy atom. The zero-order valence-corrected chi connectivity index (χ0v) is 18.2. The molecule has 0 saturated carbocycles. The second-order valence-corrected chi connectivity index (χ2v) is 8.80. The van der Waals surface area contributed by atoms with Gasteiger partial charge in [0, 0.05) is 38.6 Å². The number of aromatic nitrogens is 2. The van der Waals surface area contributed by atoms with Gasteiger partial charge in [0.05, 0.1) is 16.7 Å². The zero-order chi connectivity index (χ0) is 21.6. The topological polar surface area (TPSA) is 79.6 Å². The number of para-hydroxylation sites is 1. The van der Waals surface area contributed by atoms with E-state index in [-0.39, 0.29) is 18.0 Å². The Bertz CT molecular complexity index is 1030. The number of piperidine rings is 2. The maximum Gasteiger partial charge on any atom is 0.329 e. The predicted octanol–water partition coefficient (Wildman–Crippen LogP) is 1.63. The molecule has 1 N–H and O–H groups in total. The number of carbonyl (C=O) groups is 2. The van der Waals surface area contributed by atoms with Crippen molar-refractivity contribution >= 4 is 28.5 Å². The van der Waals surface area contributed by atoms with E-state index in [1.54, 1.807) is 16.2 Å². The molecular formula is C22H31N5O3. The molecule has 0 bridgehead atoms. The lowest BCUT2D eigenvalue weighted by Crippen LogP contribution is -2.45. The van der Waals surface area contributed by atoms with Gasteiger partial charge in [-0.05, 0) is 52.3 Å². The molecule has 0 aliphatic carbocycles. The number of hydrogen-bond acceptors (Lipinski definition) is 5. The molecule has 0 spiro atoms. The third-order valence-electron chi connectivity index (χ3n) is 6.80. The quantitative estimate of drug-likeness (QED) is 0.771. The van der Waals surface area contributed by atoms with Crippen LogP contribution in [0.25, 0.3) is 11.0 Å². The number of hydrogen-bond donors (Lipinski definition) is 1. The van der Waals surface area contributed by atoms with Crippen molar-refractivity contribution in [3.8, 4) is 0 Å². The van der Waals surface area contributed by atoms with E-state index in [0.717, 1.165) is 42.7 Å². The summed E-state index contributed by atoms with van der Waals surface area (Å²) in [6.07, 6.45) is 2.75. The van der Waals surface area contributed by atoms with Gasteiger partial charge >= 0.3 is 5.69 Å². The van der Waals surface area contributed by atoms with Crippen molar-refractivity contribution in [2.45, 2.75) is 57.7 Å². The van der Waals surface area contributed by atoms with E-state index >= 15 is 0 Å². The molecule has 8 heteroatoms. The van der Waals surface area contributed by atoms with Gasteiger partial charge in [-0.1, -0.05) is 6.07 Å². The summed E-state index contributed by atoms with van der Waals surface area (Å²) in [5, 5.41) is 2.37. The number of anilines is 1. The largest absolute Gasteiger partial charge is 0.370 e. The van der Waals surface area contributed by atoms with E-state index in [1.807, 2.05) is 12.1 Å². The first-order valence-electron chi connectivity index (χ1n) is 10.8. The van der Waals surface area contributed by atoms with Crippen LogP contribution in [0.4, 0.5) is 5.69 Å². The number of nitrogens with one attached hydrogen (secondary N) is 1. The van der Waals surface area contributed by atoms with Crippen LogP contribution in [0.3, 0.4) is 0 Å². The van der Waals surface area contributed by atoms with Crippen molar-refractivity contribution in [2.75, 3.05) is 25.0 Å². The minimum absolute atomic E-state index is 0.221. The molecule has 4 rings (SSSR count). The van der Waals surface area contributed by atoms with Crippen LogP contribution < -0.4 is 15.9 Å². The Morgan fingerprint density at radius 2 is 1.80 bits per heavy atom. The van der Waals surface area contributed by atoms with E-state index in [0.29, 0.717) is 18.5 Å². The number of aryl methyl sites for hydroxylation is 1. The van der Waals surface area contributed by atoms with Crippen molar-refractivity contribution in [2.24, 2.45) is 7.05 Å². The van der Waals surface area contributed by atoms with E-state index in [9.17, 15) is 14.4 Å². The molecule has 3 heterocycles. The highest BCUT2D eigenvalue weighted by Crippen LogP contribution is 2.31. The van der Waals surface area contributed by atoms with Crippen LogP contribution in [-0.4, -0.2) is 58.1 Å². The number of benzene rings is 1. The fourth-order valence-electron chi connectivity index (χ4n) is 4.84. The SMILES string of the molecule is CC(C)N(C)C1CCN(c2cccc3c2n(C)c(=O)n3C2CCC(=O)NC2=O)CC1. The first kappa shape index (κ1) is 20.7. The highest BCUT2D eigenvalue weighted by molar-refractivity contribution is 6.00. The smallest absolute Gasteiger partial charge is 0.329 e. The van der Waals surface area contributed by atoms with E-state index in [4.69, 9.17) is 0 Å². The average molecular weight is 414 g/mol. The van der Waals surface area contributed by atoms with Gasteiger partial charge in [0.25, 0.3) is 0 Å². The van der Waals surface area contributed by atoms with Gasteiger partial charge in [-0.3, -0.25) is 24.0 Å². The molecule has 1 aromatic carbocycles. The zero-order valence-electron chi connectivity index (χ0n) is 18.2. The molecule has 0 radical (unpaired) electrons. The molecule has 2 aromatic rings. The molecule has 162 valence electrons. The number of amides is 2. The summed E-state index contributed by atoms with van der Waals surface area (Å²) in [7, 11) is 3.95. The molecule has 2 aliphatic rings. The third kappa shape index (κ3) is 3.43. The van der Waals surface area contributed by atoms with Crippen LogP contribution in [-0.2, 0) is 16.6 Å². The Labute approximate surface area is 176 Å². The van der Waals surface area contributed by atoms with Crippen molar-refractivity contribution in [1.29, 1.82) is 0 Å². The summed E-state index contributed by atoms with van der Waals surface area (Å²) >= 11 is 0. The van der Waals surface area contributed by atoms with Crippen LogP contribution >= 0.6 is 0 Å². The van der Waals surface area contributed by atoms with Gasteiger partial charge in [0.1, 0.15) is 6.04 Å². The third-order valence-corrected chi connectivity index (χ3v) is 6.80. The monoisotopic (exact) mass is 413 g/mol. The van der Waals surface area contributed by atoms with Crippen LogP contribution in [0, 0.1) is 0 Å². The van der Waals surface area contributed by atoms with Gasteiger partial charge in [0.15, 0.2) is 0 Å². The fraction of sp³-hybridized carbons (Fsp3) is 0.591. The van der Waals surface area contributed by atoms with Gasteiger partial charge in [-0.2, -0.15) is 0 Å². The molecule has 2 fully saturated rings. The number of nitrogens with zero attached hydrogens (tertiary/aromatic N) is 4. The number of imidazole rings is 1. The summed E-state index contributed by atoms with van der Waals surface area (Å²) in [5.41, 5.74) is 2.41. The number of fused-ring (bicyclic) bond motifs is 1. The molecular weight excluding hydrogens is 382 g/mol. The molecule has 2 amide bonds. The van der Waals surface area contributed by atoms with Crippen LogP contribution in [0.1, 0.15) is 45.6 Å². The number of rotatable bonds is 4. The second-order valence-electron chi connectivity index (χ2n) is 8.80. The summed E-state index contributed by atoms with van der Waals surface area (Å²) in [5.74, 6) is -0.678. The van der Waals surface area contributed by atoms with Crippen molar-refractivity contribution in [3.05, 3.63) is 28.7 Å². The molecule has 1 unspecified atom stereocenters. The van der Waals surface area contributed by atoms with E-state index in [2.05, 4.69) is 42.1 Å². The summed E-state index contributed by atoms with van der Waals surface area (Å²) in [4.78, 5) is 41.9. The van der Waals surface area contributed by atoms with E-state index < -0.39 is 11.9 Å². The Kier molecular flexibility index (Phi) is 5.44. The Hall–Kier alpha value is -2.61. The molecule has 1 aromatic heterocycles. The van der Waals surface area contributed by atoms with Gasteiger partial charge in [-0.25, -0.2) is 4.79 Å². The minimum Gasteiger partial charge on any atom is -0.370 e. The van der Waals surface area contributed by atoms with Gasteiger partial charge in [0.2, 0.25) is 11.8 Å². The maximum atomic E-state index is 13.1. The molecule has 2 saturated heterocycles. The second kappa shape index (κ2) is 7.91. The molecule has 2 aliphatic heterocycles. The first-order chi connectivity index (χ1) is 14.3. The fourth-order valence-corrected chi connectivity index (χ4v) is 4.84. The summed E-state index contributed by atoms with van der Waals surface area (Å²) < 4.78 is 3.20. The molecule has 30 heavy (non-hydrogen) atoms. The highest BCUT2D eigenvalue weighted by Gasteiger charge is 2.32. The minimum atomic E-state index is -0.653. The predicted molar refractivity (Wildman–Crippen MR) is 117 cm³/mol. The molecule has 8 nitrogen and oxygen atoms in total. The van der Waals surface area contributed by atoms with Crippen LogP contribution in [0.15, 0.2) is 23.0 Å². The number of imide groups is 1. The standard InChI is InChI=1S/C22H31N5O3/c1-14(2)24(3)15-10-12-26(13-11-15)16-6-5-7-17-20(16)25(4)22(30)27(17)18-8-9-19(28)23-21(18)29/h5-7,14-15,18H,8-13H2,1-4H3,(H,23,28,29).